The molecule has 1 aromatic rings. The number of carbonyl (C=O) groups is 1. The van der Waals surface area contributed by atoms with Gasteiger partial charge in [0.05, 0.1) is 4.92 Å². The van der Waals surface area contributed by atoms with Crippen LogP contribution in [0.25, 0.3) is 0 Å². The monoisotopic (exact) mass is 363 g/mol. The first-order valence-electron chi connectivity index (χ1n) is 7.95. The number of aromatic nitrogens is 2. The molecule has 0 aromatic carbocycles. The van der Waals surface area contributed by atoms with E-state index in [2.05, 4.69) is 5.10 Å². The molecule has 1 aliphatic rings. The summed E-state index contributed by atoms with van der Waals surface area (Å²) < 4.78 is 38.7. The zero-order valence-corrected chi connectivity index (χ0v) is 13.9. The van der Waals surface area contributed by atoms with Crippen molar-refractivity contribution in [3.8, 4) is 0 Å². The Morgan fingerprint density at radius 2 is 2.08 bits per heavy atom. The molecule has 1 N–H and O–H groups in total. The van der Waals surface area contributed by atoms with Crippen LogP contribution in [-0.2, 0) is 4.79 Å². The van der Waals surface area contributed by atoms with Crippen LogP contribution in [0.15, 0.2) is 6.20 Å². The van der Waals surface area contributed by atoms with Crippen molar-refractivity contribution in [2.45, 2.75) is 51.4 Å². The highest BCUT2D eigenvalue weighted by atomic mass is 19.4. The predicted molar refractivity (Wildman–Crippen MR) is 83.3 cm³/mol. The van der Waals surface area contributed by atoms with Crippen LogP contribution < -0.4 is 10.2 Å². The predicted octanol–water partition coefficient (Wildman–Crippen LogP) is 2.41. The Morgan fingerprint density at radius 1 is 1.40 bits per heavy atom. The standard InChI is InChI=1S/C14H20F3N5O3/c1-9(2)21-12(11(8-18-21)22(24)25)20-6-3-4-10(5-7-20)19-13(23)14(15,16)17/h8-10H,3-7H2,1-2H3,(H,19,23)/t10-/m1/s1. The van der Waals surface area contributed by atoms with Crippen LogP contribution in [0.5, 0.6) is 0 Å². The highest BCUT2D eigenvalue weighted by Gasteiger charge is 2.40. The Hall–Kier alpha value is -2.33. The molecule has 2 heterocycles. The average Bonchev–Trinajstić information content (AvgIpc) is 2.82. The number of hydrogen-bond donors (Lipinski definition) is 1. The summed E-state index contributed by atoms with van der Waals surface area (Å²) >= 11 is 0. The Balaban J connectivity index is 2.15. The summed E-state index contributed by atoms with van der Waals surface area (Å²) in [4.78, 5) is 23.6. The largest absolute Gasteiger partial charge is 0.471 e. The van der Waals surface area contributed by atoms with Gasteiger partial charge in [0.25, 0.3) is 0 Å². The zero-order chi connectivity index (χ0) is 18.8. The first-order chi connectivity index (χ1) is 11.6. The molecule has 0 unspecified atom stereocenters. The molecule has 25 heavy (non-hydrogen) atoms. The van der Waals surface area contributed by atoms with Gasteiger partial charge in [-0.3, -0.25) is 14.9 Å². The van der Waals surface area contributed by atoms with Gasteiger partial charge in [-0.15, -0.1) is 0 Å². The number of nitrogens with zero attached hydrogens (tertiary/aromatic N) is 4. The first kappa shape index (κ1) is 19.0. The molecular formula is C14H20F3N5O3. The van der Waals surface area contributed by atoms with Gasteiger partial charge in [-0.25, -0.2) is 4.68 Å². The fourth-order valence-corrected chi connectivity index (χ4v) is 2.88. The minimum absolute atomic E-state index is 0.104. The summed E-state index contributed by atoms with van der Waals surface area (Å²) in [5.41, 5.74) is -0.133. The molecule has 1 atom stereocenters. The second-order valence-electron chi connectivity index (χ2n) is 6.23. The van der Waals surface area contributed by atoms with Crippen molar-refractivity contribution in [2.75, 3.05) is 18.0 Å². The van der Waals surface area contributed by atoms with E-state index in [1.165, 1.54) is 10.9 Å². The number of halogens is 3. The third-order valence-electron chi connectivity index (χ3n) is 4.06. The molecule has 0 aliphatic carbocycles. The molecule has 0 saturated carbocycles. The molecule has 1 amide bonds. The number of amides is 1. The smallest absolute Gasteiger partial charge is 0.351 e. The van der Waals surface area contributed by atoms with Crippen molar-refractivity contribution in [1.82, 2.24) is 15.1 Å². The van der Waals surface area contributed by atoms with Gasteiger partial charge in [-0.1, -0.05) is 0 Å². The van der Waals surface area contributed by atoms with Gasteiger partial charge in [-0.2, -0.15) is 18.3 Å². The summed E-state index contributed by atoms with van der Waals surface area (Å²) in [6.07, 6.45) is -2.59. The molecule has 1 fully saturated rings. The van der Waals surface area contributed by atoms with Gasteiger partial charge in [0.2, 0.25) is 5.82 Å². The fraction of sp³-hybridized carbons (Fsp3) is 0.714. The van der Waals surface area contributed by atoms with Gasteiger partial charge in [0.15, 0.2) is 0 Å². The van der Waals surface area contributed by atoms with Crippen molar-refractivity contribution in [3.63, 3.8) is 0 Å². The van der Waals surface area contributed by atoms with Crippen LogP contribution in [0.3, 0.4) is 0 Å². The van der Waals surface area contributed by atoms with Gasteiger partial charge < -0.3 is 10.2 Å². The zero-order valence-electron chi connectivity index (χ0n) is 13.9. The van der Waals surface area contributed by atoms with Crippen molar-refractivity contribution in [3.05, 3.63) is 16.3 Å². The molecule has 2 rings (SSSR count). The number of rotatable bonds is 4. The first-order valence-corrected chi connectivity index (χ1v) is 7.95. The van der Waals surface area contributed by atoms with Crippen LogP contribution in [0, 0.1) is 10.1 Å². The van der Waals surface area contributed by atoms with Crippen molar-refractivity contribution in [2.24, 2.45) is 0 Å². The number of anilines is 1. The topological polar surface area (TPSA) is 93.3 Å². The maximum Gasteiger partial charge on any atom is 0.471 e. The lowest BCUT2D eigenvalue weighted by Crippen LogP contribution is -2.43. The van der Waals surface area contributed by atoms with Crippen molar-refractivity contribution in [1.29, 1.82) is 0 Å². The quantitative estimate of drug-likeness (QED) is 0.655. The van der Waals surface area contributed by atoms with Gasteiger partial charge >= 0.3 is 17.8 Å². The lowest BCUT2D eigenvalue weighted by Gasteiger charge is -2.24. The van der Waals surface area contributed by atoms with E-state index in [0.717, 1.165) is 0 Å². The fourth-order valence-electron chi connectivity index (χ4n) is 2.88. The van der Waals surface area contributed by atoms with Crippen LogP contribution in [0.2, 0.25) is 0 Å². The Kier molecular flexibility index (Phi) is 5.53. The van der Waals surface area contributed by atoms with E-state index in [1.807, 2.05) is 19.2 Å². The van der Waals surface area contributed by atoms with E-state index < -0.39 is 23.0 Å². The Bertz CT molecular complexity index is 644. The van der Waals surface area contributed by atoms with Gasteiger partial charge in [0.1, 0.15) is 6.20 Å². The van der Waals surface area contributed by atoms with E-state index in [-0.39, 0.29) is 18.2 Å². The highest BCUT2D eigenvalue weighted by molar-refractivity contribution is 5.81. The molecule has 8 nitrogen and oxygen atoms in total. The Morgan fingerprint density at radius 3 is 2.64 bits per heavy atom. The average molecular weight is 363 g/mol. The summed E-state index contributed by atoms with van der Waals surface area (Å²) in [6.45, 7) is 4.41. The lowest BCUT2D eigenvalue weighted by molar-refractivity contribution is -0.384. The molecule has 0 spiro atoms. The molecule has 1 saturated heterocycles. The maximum absolute atomic E-state index is 12.4. The van der Waals surface area contributed by atoms with E-state index in [4.69, 9.17) is 0 Å². The molecular weight excluding hydrogens is 343 g/mol. The molecule has 140 valence electrons. The maximum atomic E-state index is 12.4. The molecule has 11 heteroatoms. The number of hydrogen-bond acceptors (Lipinski definition) is 5. The number of nitrogens with one attached hydrogen (secondary N) is 1. The van der Waals surface area contributed by atoms with Crippen LogP contribution in [0.1, 0.15) is 39.2 Å². The van der Waals surface area contributed by atoms with Gasteiger partial charge in [-0.05, 0) is 33.1 Å². The summed E-state index contributed by atoms with van der Waals surface area (Å²) in [5, 5.41) is 17.3. The number of nitro groups is 1. The second-order valence-corrected chi connectivity index (χ2v) is 6.23. The van der Waals surface area contributed by atoms with E-state index in [1.54, 1.807) is 4.90 Å². The molecule has 0 bridgehead atoms. The number of alkyl halides is 3. The SMILES string of the molecule is CC(C)n1ncc([N+](=O)[O-])c1N1CCC[C@@H](NC(=O)C(F)(F)F)CC1. The minimum atomic E-state index is -4.92. The van der Waals surface area contributed by atoms with Crippen molar-refractivity contribution < 1.29 is 22.9 Å². The lowest BCUT2D eigenvalue weighted by atomic mass is 10.1. The Labute approximate surface area is 142 Å². The van der Waals surface area contributed by atoms with E-state index >= 15 is 0 Å². The molecule has 1 aromatic heterocycles. The molecule has 0 radical (unpaired) electrons. The van der Waals surface area contributed by atoms with Crippen LogP contribution >= 0.6 is 0 Å². The third kappa shape index (κ3) is 4.40. The van der Waals surface area contributed by atoms with Crippen LogP contribution in [0.4, 0.5) is 24.7 Å². The summed E-state index contributed by atoms with van der Waals surface area (Å²) in [6, 6.07) is -0.721. The highest BCUT2D eigenvalue weighted by Crippen LogP contribution is 2.32. The van der Waals surface area contributed by atoms with Crippen molar-refractivity contribution >= 4 is 17.4 Å². The van der Waals surface area contributed by atoms with E-state index in [9.17, 15) is 28.1 Å². The second kappa shape index (κ2) is 7.28. The normalized spacial score (nSPS) is 19.0. The third-order valence-corrected chi connectivity index (χ3v) is 4.06. The summed E-state index contributed by atoms with van der Waals surface area (Å²) in [5.74, 6) is -1.60. The number of carbonyl (C=O) groups excluding carboxylic acids is 1. The minimum Gasteiger partial charge on any atom is -0.351 e. The molecule has 1 aliphatic heterocycles. The summed E-state index contributed by atoms with van der Waals surface area (Å²) in [7, 11) is 0. The van der Waals surface area contributed by atoms with Gasteiger partial charge in [0, 0.05) is 25.2 Å². The van der Waals surface area contributed by atoms with Crippen LogP contribution in [-0.4, -0.2) is 45.9 Å². The van der Waals surface area contributed by atoms with E-state index in [0.29, 0.717) is 31.7 Å².